The third-order valence-electron chi connectivity index (χ3n) is 2.61. The number of halogens is 1. The summed E-state index contributed by atoms with van der Waals surface area (Å²) in [7, 11) is 0. The second kappa shape index (κ2) is 5.03. The molecule has 0 fully saturated rings. The molecule has 0 aromatic heterocycles. The molecule has 0 unspecified atom stereocenters. The molecule has 0 saturated heterocycles. The third kappa shape index (κ3) is 2.16. The number of hydrogen-bond acceptors (Lipinski definition) is 4. The number of rotatable bonds is 2. The van der Waals surface area contributed by atoms with Gasteiger partial charge in [-0.25, -0.2) is 5.48 Å². The van der Waals surface area contributed by atoms with E-state index in [0.717, 1.165) is 33.5 Å². The summed E-state index contributed by atoms with van der Waals surface area (Å²) < 4.78 is 12.2. The average Bonchev–Trinajstić information content (AvgIpc) is 2.49. The minimum Gasteiger partial charge on any atom is -0.490 e. The van der Waals surface area contributed by atoms with Crippen LogP contribution >= 0.6 is 15.9 Å². The largest absolute Gasteiger partial charge is 0.490 e. The summed E-state index contributed by atoms with van der Waals surface area (Å²) in [5.74, 6) is 1.55. The highest BCUT2D eigenvalue weighted by molar-refractivity contribution is 9.10. The van der Waals surface area contributed by atoms with E-state index in [1.54, 1.807) is 0 Å². The van der Waals surface area contributed by atoms with Crippen molar-refractivity contribution in [3.05, 3.63) is 21.7 Å². The highest BCUT2D eigenvalue weighted by Gasteiger charge is 2.18. The van der Waals surface area contributed by atoms with E-state index >= 15 is 0 Å². The lowest BCUT2D eigenvalue weighted by Gasteiger charge is -2.15. The molecular formula is C11H14BrNO3. The molecule has 4 nitrogen and oxygen atoms in total. The summed E-state index contributed by atoms with van der Waals surface area (Å²) >= 11 is 3.47. The van der Waals surface area contributed by atoms with Gasteiger partial charge in [0.1, 0.15) is 0 Å². The highest BCUT2D eigenvalue weighted by Crippen LogP contribution is 2.39. The number of nitrogens with one attached hydrogen (secondary N) is 1. The molecule has 1 aliphatic rings. The first kappa shape index (κ1) is 11.7. The maximum absolute atomic E-state index is 8.79. The van der Waals surface area contributed by atoms with Crippen LogP contribution in [0.4, 0.5) is 0 Å². The van der Waals surface area contributed by atoms with E-state index in [9.17, 15) is 0 Å². The zero-order chi connectivity index (χ0) is 11.5. The summed E-state index contributed by atoms with van der Waals surface area (Å²) in [5, 5.41) is 8.79. The first-order valence-electron chi connectivity index (χ1n) is 5.18. The predicted molar refractivity (Wildman–Crippen MR) is 63.1 cm³/mol. The van der Waals surface area contributed by atoms with Crippen molar-refractivity contribution in [2.24, 2.45) is 0 Å². The van der Waals surface area contributed by atoms with Crippen molar-refractivity contribution in [3.63, 3.8) is 0 Å². The van der Waals surface area contributed by atoms with Gasteiger partial charge in [-0.05, 0) is 18.6 Å². The molecule has 16 heavy (non-hydrogen) atoms. The van der Waals surface area contributed by atoms with Crippen LogP contribution in [0.2, 0.25) is 0 Å². The lowest BCUT2D eigenvalue weighted by molar-refractivity contribution is 0.160. The summed E-state index contributed by atoms with van der Waals surface area (Å²) in [4.78, 5) is 0. The van der Waals surface area contributed by atoms with Gasteiger partial charge in [0.15, 0.2) is 11.5 Å². The van der Waals surface area contributed by atoms with E-state index in [1.807, 2.05) is 13.0 Å². The van der Waals surface area contributed by atoms with Crippen molar-refractivity contribution < 1.29 is 14.7 Å². The molecular weight excluding hydrogens is 274 g/mol. The van der Waals surface area contributed by atoms with Gasteiger partial charge in [0.2, 0.25) is 0 Å². The molecule has 1 aliphatic heterocycles. The summed E-state index contributed by atoms with van der Waals surface area (Å²) in [6, 6.07) is 1.89. The number of benzene rings is 1. The zero-order valence-corrected chi connectivity index (χ0v) is 10.6. The van der Waals surface area contributed by atoms with Crippen LogP contribution in [0.5, 0.6) is 11.5 Å². The highest BCUT2D eigenvalue weighted by atomic mass is 79.9. The van der Waals surface area contributed by atoms with Gasteiger partial charge in [0, 0.05) is 23.0 Å². The molecule has 2 N–H and O–H groups in total. The predicted octanol–water partition coefficient (Wildman–Crippen LogP) is 2.40. The quantitative estimate of drug-likeness (QED) is 0.820. The minimum atomic E-state index is 0.378. The van der Waals surface area contributed by atoms with Crippen LogP contribution in [-0.4, -0.2) is 18.4 Å². The van der Waals surface area contributed by atoms with Gasteiger partial charge in [0.25, 0.3) is 0 Å². The molecule has 1 heterocycles. The molecule has 0 aliphatic carbocycles. The Morgan fingerprint density at radius 2 is 2.19 bits per heavy atom. The van der Waals surface area contributed by atoms with Gasteiger partial charge in [-0.15, -0.1) is 0 Å². The fourth-order valence-corrected chi connectivity index (χ4v) is 2.41. The first-order valence-corrected chi connectivity index (χ1v) is 5.98. The van der Waals surface area contributed by atoms with E-state index in [0.29, 0.717) is 19.8 Å². The van der Waals surface area contributed by atoms with Crippen molar-refractivity contribution >= 4 is 15.9 Å². The van der Waals surface area contributed by atoms with Gasteiger partial charge < -0.3 is 14.7 Å². The Kier molecular flexibility index (Phi) is 3.68. The van der Waals surface area contributed by atoms with E-state index in [4.69, 9.17) is 14.7 Å². The van der Waals surface area contributed by atoms with Crippen molar-refractivity contribution in [2.45, 2.75) is 19.9 Å². The Morgan fingerprint density at radius 1 is 1.44 bits per heavy atom. The number of hydroxylamine groups is 1. The standard InChI is InChI=1S/C11H14BrNO3/c1-7-8(6-13-14)9(12)5-10-11(7)16-4-2-3-15-10/h5,13-14H,2-4,6H2,1H3. The Balaban J connectivity index is 2.47. The average molecular weight is 288 g/mol. The Labute approximate surface area is 103 Å². The Morgan fingerprint density at radius 3 is 2.94 bits per heavy atom. The number of hydrogen-bond donors (Lipinski definition) is 2. The lowest BCUT2D eigenvalue weighted by atomic mass is 10.1. The number of fused-ring (bicyclic) bond motifs is 1. The van der Waals surface area contributed by atoms with Crippen LogP contribution in [0.15, 0.2) is 10.5 Å². The Hall–Kier alpha value is -0.780. The smallest absolute Gasteiger partial charge is 0.164 e. The van der Waals surface area contributed by atoms with Gasteiger partial charge >= 0.3 is 0 Å². The normalized spacial score (nSPS) is 14.7. The number of ether oxygens (including phenoxy) is 2. The second-order valence-corrected chi connectivity index (χ2v) is 4.53. The molecule has 2 rings (SSSR count). The third-order valence-corrected chi connectivity index (χ3v) is 3.32. The summed E-state index contributed by atoms with van der Waals surface area (Å²) in [6.07, 6.45) is 0.888. The maximum Gasteiger partial charge on any atom is 0.164 e. The van der Waals surface area contributed by atoms with E-state index < -0.39 is 0 Å². The van der Waals surface area contributed by atoms with Crippen LogP contribution in [0.3, 0.4) is 0 Å². The molecule has 0 radical (unpaired) electrons. The molecule has 0 spiro atoms. The topological polar surface area (TPSA) is 50.7 Å². The maximum atomic E-state index is 8.79. The van der Waals surface area contributed by atoms with Crippen LogP contribution < -0.4 is 15.0 Å². The van der Waals surface area contributed by atoms with Crippen LogP contribution in [0, 0.1) is 6.92 Å². The second-order valence-electron chi connectivity index (χ2n) is 3.67. The molecule has 0 amide bonds. The van der Waals surface area contributed by atoms with E-state index in [1.165, 1.54) is 0 Å². The van der Waals surface area contributed by atoms with Gasteiger partial charge in [-0.2, -0.15) is 0 Å². The summed E-state index contributed by atoms with van der Waals surface area (Å²) in [6.45, 7) is 3.69. The minimum absolute atomic E-state index is 0.378. The molecule has 1 aromatic carbocycles. The molecule has 5 heteroatoms. The van der Waals surface area contributed by atoms with Crippen LogP contribution in [0.1, 0.15) is 17.5 Å². The van der Waals surface area contributed by atoms with Crippen LogP contribution in [0.25, 0.3) is 0 Å². The Bertz CT molecular complexity index is 395. The zero-order valence-electron chi connectivity index (χ0n) is 9.05. The van der Waals surface area contributed by atoms with Gasteiger partial charge in [-0.3, -0.25) is 0 Å². The lowest BCUT2D eigenvalue weighted by Crippen LogP contribution is -2.09. The molecule has 0 bridgehead atoms. The van der Waals surface area contributed by atoms with Gasteiger partial charge in [-0.1, -0.05) is 15.9 Å². The van der Waals surface area contributed by atoms with Crippen molar-refractivity contribution in [2.75, 3.05) is 13.2 Å². The summed E-state index contributed by atoms with van der Waals surface area (Å²) in [5.41, 5.74) is 4.13. The van der Waals surface area contributed by atoms with E-state index in [2.05, 4.69) is 21.4 Å². The molecule has 0 atom stereocenters. The molecule has 0 saturated carbocycles. The monoisotopic (exact) mass is 287 g/mol. The van der Waals surface area contributed by atoms with Crippen LogP contribution in [-0.2, 0) is 6.54 Å². The van der Waals surface area contributed by atoms with Crippen molar-refractivity contribution in [1.29, 1.82) is 0 Å². The van der Waals surface area contributed by atoms with Crippen molar-refractivity contribution in [3.8, 4) is 11.5 Å². The fraction of sp³-hybridized carbons (Fsp3) is 0.455. The SMILES string of the molecule is Cc1c(CNO)c(Br)cc2c1OCCCO2. The first-order chi connectivity index (χ1) is 7.74. The van der Waals surface area contributed by atoms with E-state index in [-0.39, 0.29) is 0 Å². The molecule has 88 valence electrons. The molecule has 1 aromatic rings. The fourth-order valence-electron chi connectivity index (χ4n) is 1.77. The van der Waals surface area contributed by atoms with Gasteiger partial charge in [0.05, 0.1) is 13.2 Å². The van der Waals surface area contributed by atoms with Crippen molar-refractivity contribution in [1.82, 2.24) is 5.48 Å².